The third kappa shape index (κ3) is 23.0. The summed E-state index contributed by atoms with van der Waals surface area (Å²) in [5.41, 5.74) is 10.9. The van der Waals surface area contributed by atoms with E-state index in [0.717, 1.165) is 155 Å². The highest BCUT2D eigenvalue weighted by atomic mass is 32.1. The average Bonchev–Trinajstić information content (AvgIpc) is 0.773. The second-order valence-corrected chi connectivity index (χ2v) is 34.5. The molecule has 698 valence electrons. The van der Waals surface area contributed by atoms with Crippen molar-refractivity contribution in [1.29, 1.82) is 15.8 Å². The van der Waals surface area contributed by atoms with Crippen LogP contribution in [0.25, 0.3) is 32.3 Å². The van der Waals surface area contributed by atoms with Crippen LogP contribution in [0, 0.1) is 39.9 Å². The number of aromatic nitrogens is 6. The van der Waals surface area contributed by atoms with E-state index in [1.165, 1.54) is 61.0 Å². The van der Waals surface area contributed by atoms with Crippen LogP contribution in [0.15, 0.2) is 170 Å². The summed E-state index contributed by atoms with van der Waals surface area (Å²) in [6.45, 7) is 21.3. The lowest BCUT2D eigenvalue weighted by Crippen LogP contribution is -2.55. The van der Waals surface area contributed by atoms with Gasteiger partial charge < -0.3 is 72.4 Å². The molecule has 7 aromatic carbocycles. The van der Waals surface area contributed by atoms with Crippen molar-refractivity contribution in [3.8, 4) is 36.2 Å². The van der Waals surface area contributed by atoms with E-state index in [4.69, 9.17) is 63.1 Å². The molecule has 10 aromatic rings. The number of carbonyl (C=O) groups excluding carboxylic acids is 2. The number of ether oxygens (including phenoxy) is 7. The van der Waals surface area contributed by atoms with Gasteiger partial charge in [-0.1, -0.05) is 154 Å². The van der Waals surface area contributed by atoms with Gasteiger partial charge in [-0.2, -0.15) is 86.2 Å². The highest BCUT2D eigenvalue weighted by molar-refractivity contribution is 7.59. The number of nitrogens with zero attached hydrogens (tertiary/aromatic N) is 20. The van der Waals surface area contributed by atoms with Gasteiger partial charge in [0.05, 0.1) is 138 Å². The van der Waals surface area contributed by atoms with Crippen molar-refractivity contribution in [2.45, 2.75) is 115 Å². The van der Waals surface area contributed by atoms with Crippen LogP contribution in [0.4, 0.5) is 39.3 Å². The van der Waals surface area contributed by atoms with Crippen LogP contribution in [0.2, 0.25) is 0 Å². The molecule has 3 unspecified atom stereocenters. The van der Waals surface area contributed by atoms with E-state index in [1.807, 2.05) is 30.3 Å². The smallest absolute Gasteiger partial charge is 0.410 e. The number of piperidine rings is 1. The molecule has 0 bridgehead atoms. The first-order valence-electron chi connectivity index (χ1n) is 45.2. The maximum atomic E-state index is 13.2. The number of rotatable bonds is 21. The second kappa shape index (κ2) is 46.7. The SMILES string of the molecule is C.C=CC(=O)N1CCN(c2nc(OC[C@@H]3COCCN3C)nc3c2CCN(c2cccc4ccccc24)C3)CC1CC#N.CN1CCOC[C@H]1COc1nc2c(c(N3CCCC(CC#N)C3)n1)CCN(c1cccc3ccccc13)C2.CN1CCOC[C@H]1COc1nc2c(c(N3CCN(C(=O)OCc4ccccc4)C(CC#N)C3)n1)CCN(c1cccc3ccccc13)C2.S.S.S.[2HH]. The minimum absolute atomic E-state index is 0. The fraction of sp³-hybridized carbons (Fsp3) is 0.450. The Kier molecular flexibility index (Phi) is 34.7. The van der Waals surface area contributed by atoms with Crippen LogP contribution in [0.1, 0.15) is 80.3 Å². The van der Waals surface area contributed by atoms with Crippen LogP contribution in [0.5, 0.6) is 18.0 Å². The van der Waals surface area contributed by atoms with Gasteiger partial charge in [0.25, 0.3) is 0 Å². The molecular weight excluding hydrogens is 1720 g/mol. The first kappa shape index (κ1) is 98.0. The zero-order valence-corrected chi connectivity index (χ0v) is 78.1. The first-order valence-corrected chi connectivity index (χ1v) is 45.2. The number of morpholine rings is 3. The fourth-order valence-electron chi connectivity index (χ4n) is 19.1. The Balaban J connectivity index is 0.000000178. The number of nitriles is 3. The van der Waals surface area contributed by atoms with E-state index >= 15 is 0 Å². The predicted octanol–water partition coefficient (Wildman–Crippen LogP) is 12.9. The zero-order valence-electron chi connectivity index (χ0n) is 75.1. The summed E-state index contributed by atoms with van der Waals surface area (Å²) in [6.07, 6.45) is 6.55. The largest absolute Gasteiger partial charge is 0.462 e. The number of benzene rings is 7. The molecule has 19 rings (SSSR count). The molecule has 6 saturated heterocycles. The number of hydrogen-bond acceptors (Lipinski definition) is 27. The number of piperazine rings is 2. The van der Waals surface area contributed by atoms with Crippen LogP contribution in [-0.2, 0) is 69.2 Å². The Bertz CT molecular complexity index is 5710. The summed E-state index contributed by atoms with van der Waals surface area (Å²) in [7, 11) is 6.27. The van der Waals surface area contributed by atoms with Crippen LogP contribution >= 0.6 is 40.5 Å². The summed E-state index contributed by atoms with van der Waals surface area (Å²) in [5, 5.41) is 35.9. The van der Waals surface area contributed by atoms with E-state index < -0.39 is 6.09 Å². The van der Waals surface area contributed by atoms with Crippen LogP contribution in [-0.4, -0.2) is 269 Å². The molecule has 0 N–H and O–H groups in total. The molecule has 0 radical (unpaired) electrons. The van der Waals surface area contributed by atoms with Crippen molar-refractivity contribution in [3.05, 3.63) is 210 Å². The van der Waals surface area contributed by atoms with Gasteiger partial charge in [0, 0.05) is 149 Å². The molecule has 29 nitrogen and oxygen atoms in total. The lowest BCUT2D eigenvalue weighted by Gasteiger charge is -2.42. The molecule has 9 aliphatic rings. The van der Waals surface area contributed by atoms with Gasteiger partial charge in [-0.25, -0.2) is 4.79 Å². The second-order valence-electron chi connectivity index (χ2n) is 34.5. The molecule has 132 heavy (non-hydrogen) atoms. The molecule has 6 fully saturated rings. The van der Waals surface area contributed by atoms with E-state index in [0.29, 0.717) is 129 Å². The van der Waals surface area contributed by atoms with Gasteiger partial charge in [-0.3, -0.25) is 19.5 Å². The molecule has 0 saturated carbocycles. The molecule has 9 aliphatic heterocycles. The molecule has 6 atom stereocenters. The Morgan fingerprint density at radius 2 is 0.803 bits per heavy atom. The number of fused-ring (bicyclic) bond motifs is 6. The number of amides is 2. The van der Waals surface area contributed by atoms with Gasteiger partial charge in [0.2, 0.25) is 5.91 Å². The van der Waals surface area contributed by atoms with Crippen molar-refractivity contribution in [2.24, 2.45) is 5.92 Å². The Morgan fingerprint density at radius 3 is 1.20 bits per heavy atom. The Morgan fingerprint density at radius 1 is 0.432 bits per heavy atom. The third-order valence-corrected chi connectivity index (χ3v) is 26.5. The topological polar surface area (TPSA) is 283 Å². The normalized spacial score (nSPS) is 20.3. The molecule has 0 spiro atoms. The minimum atomic E-state index is -0.406. The quantitative estimate of drug-likeness (QED) is 0.0604. The first-order chi connectivity index (χ1) is 62.8. The van der Waals surface area contributed by atoms with E-state index in [1.54, 1.807) is 9.80 Å². The standard InChI is InChI=1S/C37H41N7O4.C32H37N7O3.C30H36N6O2.CH4.3H2S.H2/c1-41-20-21-46-25-30(41)26-47-36-39-33-23-42(34-13-7-11-28-10-5-6-12-31(28)34)17-15-32(33)35(40-36)43-18-19-44(29(22-43)14-16-38)37(45)48-24-27-8-3-2-4-9-27;1-3-30(40)39-16-15-38(19-24(39)11-13-33)31-27-12-14-37(29-10-6-8-23-7-4-5-9-26(23)29)20-28(27)34-32(35-31)42-22-25-21-41-18-17-36(25)2;1-34-16-17-37-20-24(34)21-38-30-32-27-19-35(28-10-4-8-23-7-2-3-9-25(23)28)15-12-26(27)29(33-30)36-14-5-6-22(18-36)11-13-31;;;;;/h2-13,29-30H,14-15,17-26H2,1H3;3-10,24-25H,1,11-12,14-22H2,2H3;2-4,7-10,22,24H,5-6,11-12,14-21H2,1H3;1H4;3*1H2;1H/t29?,30-;24?,25-;22?,24-;;;;;/m000...../s1/i;;;;;;;1+1. The van der Waals surface area contributed by atoms with E-state index in [2.05, 4.69) is 217 Å². The summed E-state index contributed by atoms with van der Waals surface area (Å²) in [4.78, 5) is 79.8. The number of likely N-dealkylation sites (N-methyl/N-ethyl adjacent to an activating group) is 3. The third-order valence-electron chi connectivity index (χ3n) is 26.5. The van der Waals surface area contributed by atoms with Gasteiger partial charge in [0.15, 0.2) is 0 Å². The summed E-state index contributed by atoms with van der Waals surface area (Å²) >= 11 is 0. The maximum Gasteiger partial charge on any atom is 0.410 e. The van der Waals surface area contributed by atoms with Gasteiger partial charge in [0.1, 0.15) is 43.9 Å². The highest BCUT2D eigenvalue weighted by Gasteiger charge is 2.39. The van der Waals surface area contributed by atoms with Crippen LogP contribution < -0.4 is 43.6 Å². The van der Waals surface area contributed by atoms with Crippen molar-refractivity contribution in [1.82, 2.24) is 54.4 Å². The highest BCUT2D eigenvalue weighted by Crippen LogP contribution is 2.41. The summed E-state index contributed by atoms with van der Waals surface area (Å²) < 4.78 is 41.6. The molecule has 0 aliphatic carbocycles. The molecule has 3 aromatic heterocycles. The van der Waals surface area contributed by atoms with Crippen molar-refractivity contribution >= 4 is 119 Å². The van der Waals surface area contributed by atoms with Crippen molar-refractivity contribution in [3.63, 3.8) is 0 Å². The van der Waals surface area contributed by atoms with Gasteiger partial charge >= 0.3 is 24.1 Å². The maximum absolute atomic E-state index is 13.2. The monoisotopic (exact) mass is 1850 g/mol. The molecule has 2 amide bonds. The predicted molar refractivity (Wildman–Crippen MR) is 533 cm³/mol. The van der Waals surface area contributed by atoms with Crippen molar-refractivity contribution < 1.29 is 44.2 Å². The Labute approximate surface area is 797 Å². The lowest BCUT2D eigenvalue weighted by atomic mass is 9.94. The van der Waals surface area contributed by atoms with E-state index in [-0.39, 0.29) is 105 Å². The molecule has 32 heteroatoms. The fourth-order valence-corrected chi connectivity index (χ4v) is 19.1. The summed E-state index contributed by atoms with van der Waals surface area (Å²) in [5.74, 6) is 2.90. The minimum Gasteiger partial charge on any atom is -0.462 e. The average molecular weight is 1850 g/mol. The number of carbonyl (C=O) groups is 2. The summed E-state index contributed by atoms with van der Waals surface area (Å²) in [6, 6.07) is 62.4. The molecular formula is C100H126N20O9S3. The molecule has 12 heterocycles. The van der Waals surface area contributed by atoms with Crippen molar-refractivity contribution in [2.75, 3.05) is 202 Å². The lowest BCUT2D eigenvalue weighted by molar-refractivity contribution is -0.128. The zero-order chi connectivity index (χ0) is 87.8. The van der Waals surface area contributed by atoms with Gasteiger partial charge in [-0.15, -0.1) is 0 Å². The van der Waals surface area contributed by atoms with E-state index in [9.17, 15) is 25.4 Å². The van der Waals surface area contributed by atoms with Crippen LogP contribution in [0.3, 0.4) is 0 Å². The number of hydrogen-bond donors (Lipinski definition) is 0. The van der Waals surface area contributed by atoms with Gasteiger partial charge in [-0.05, 0) is 105 Å². The Hall–Kier alpha value is -11.5. The number of anilines is 6.